The summed E-state index contributed by atoms with van der Waals surface area (Å²) in [4.78, 5) is 12.3. The number of sulfonamides is 1. The Balaban J connectivity index is 2.05. The van der Waals surface area contributed by atoms with E-state index in [0.717, 1.165) is 21.7 Å². The van der Waals surface area contributed by atoms with Crippen LogP contribution in [-0.4, -0.2) is 33.2 Å². The maximum atomic E-state index is 12.3. The van der Waals surface area contributed by atoms with Crippen molar-refractivity contribution in [2.75, 3.05) is 17.1 Å². The molecule has 27 heavy (non-hydrogen) atoms. The molecule has 6 nitrogen and oxygen atoms in total. The quantitative estimate of drug-likeness (QED) is 0.752. The van der Waals surface area contributed by atoms with E-state index in [-0.39, 0.29) is 18.6 Å². The molecule has 0 radical (unpaired) electrons. The molecule has 0 unspecified atom stereocenters. The van der Waals surface area contributed by atoms with E-state index in [1.54, 1.807) is 24.3 Å². The minimum absolute atomic E-state index is 0.0226. The largest absolute Gasteiger partial charge is 0.491 e. The van der Waals surface area contributed by atoms with E-state index >= 15 is 0 Å². The van der Waals surface area contributed by atoms with Gasteiger partial charge in [-0.2, -0.15) is 0 Å². The second-order valence-corrected chi connectivity index (χ2v) is 8.60. The molecule has 0 saturated carbocycles. The van der Waals surface area contributed by atoms with Gasteiger partial charge in [0.2, 0.25) is 15.9 Å². The average molecular weight is 391 g/mol. The summed E-state index contributed by atoms with van der Waals surface area (Å²) < 4.78 is 31.0. The van der Waals surface area contributed by atoms with Crippen LogP contribution in [0.3, 0.4) is 0 Å². The Bertz CT molecular complexity index is 860. The highest BCUT2D eigenvalue weighted by atomic mass is 32.2. The van der Waals surface area contributed by atoms with Crippen molar-refractivity contribution in [1.82, 2.24) is 5.32 Å². The average Bonchev–Trinajstić information content (AvgIpc) is 2.58. The molecule has 0 heterocycles. The molecule has 0 aliphatic heterocycles. The first kappa shape index (κ1) is 20.8. The Morgan fingerprint density at radius 3 is 2.19 bits per heavy atom. The fourth-order valence-corrected chi connectivity index (χ4v) is 3.31. The van der Waals surface area contributed by atoms with E-state index in [0.29, 0.717) is 18.0 Å². The summed E-state index contributed by atoms with van der Waals surface area (Å²) in [6.45, 7) is 5.88. The van der Waals surface area contributed by atoms with Crippen molar-refractivity contribution in [3.63, 3.8) is 0 Å². The Morgan fingerprint density at radius 1 is 1.07 bits per heavy atom. The maximum absolute atomic E-state index is 12.3. The number of amides is 1. The Hall–Kier alpha value is -2.54. The number of rotatable bonds is 8. The Morgan fingerprint density at radius 2 is 1.67 bits per heavy atom. The van der Waals surface area contributed by atoms with Crippen molar-refractivity contribution in [2.24, 2.45) is 0 Å². The molecule has 0 bridgehead atoms. The van der Waals surface area contributed by atoms with Gasteiger partial charge < -0.3 is 10.1 Å². The third kappa shape index (κ3) is 6.60. The molecule has 0 atom stereocenters. The SMILES string of the molecule is Cc1ccc(CNC(=O)CN(c2ccc(OC(C)C)cc2)S(C)(=O)=O)cc1. The summed E-state index contributed by atoms with van der Waals surface area (Å²) in [6.07, 6.45) is 1.10. The number of carbonyl (C=O) groups excluding carboxylic acids is 1. The molecule has 0 aliphatic carbocycles. The normalized spacial score (nSPS) is 11.3. The van der Waals surface area contributed by atoms with Gasteiger partial charge in [-0.25, -0.2) is 8.42 Å². The minimum Gasteiger partial charge on any atom is -0.491 e. The lowest BCUT2D eigenvalue weighted by Gasteiger charge is -2.22. The number of aryl methyl sites for hydroxylation is 1. The molecule has 0 aliphatic rings. The predicted octanol–water partition coefficient (Wildman–Crippen LogP) is 2.86. The van der Waals surface area contributed by atoms with Crippen LogP contribution in [0.2, 0.25) is 0 Å². The number of ether oxygens (including phenoxy) is 1. The van der Waals surface area contributed by atoms with E-state index < -0.39 is 10.0 Å². The Kier molecular flexibility index (Phi) is 6.85. The van der Waals surface area contributed by atoms with Gasteiger partial charge in [-0.1, -0.05) is 29.8 Å². The van der Waals surface area contributed by atoms with Crippen molar-refractivity contribution >= 4 is 21.6 Å². The van der Waals surface area contributed by atoms with Gasteiger partial charge in [0.05, 0.1) is 18.0 Å². The summed E-state index contributed by atoms with van der Waals surface area (Å²) >= 11 is 0. The van der Waals surface area contributed by atoms with Crippen LogP contribution in [0.25, 0.3) is 0 Å². The number of benzene rings is 2. The first-order valence-electron chi connectivity index (χ1n) is 8.72. The molecular weight excluding hydrogens is 364 g/mol. The van der Waals surface area contributed by atoms with Crippen LogP contribution in [-0.2, 0) is 21.4 Å². The van der Waals surface area contributed by atoms with Gasteiger partial charge in [-0.15, -0.1) is 0 Å². The lowest BCUT2D eigenvalue weighted by atomic mass is 10.1. The third-order valence-electron chi connectivity index (χ3n) is 3.79. The minimum atomic E-state index is -3.61. The van der Waals surface area contributed by atoms with Gasteiger partial charge in [0.25, 0.3) is 0 Å². The first-order valence-corrected chi connectivity index (χ1v) is 10.6. The van der Waals surface area contributed by atoms with Crippen LogP contribution in [0.4, 0.5) is 5.69 Å². The van der Waals surface area contributed by atoms with Crippen LogP contribution in [0.1, 0.15) is 25.0 Å². The predicted molar refractivity (Wildman–Crippen MR) is 107 cm³/mol. The smallest absolute Gasteiger partial charge is 0.241 e. The highest BCUT2D eigenvalue weighted by Crippen LogP contribution is 2.22. The molecule has 0 fully saturated rings. The number of carbonyl (C=O) groups is 1. The molecule has 0 spiro atoms. The van der Waals surface area contributed by atoms with Crippen molar-refractivity contribution in [1.29, 1.82) is 0 Å². The van der Waals surface area contributed by atoms with Gasteiger partial charge in [0.1, 0.15) is 12.3 Å². The summed E-state index contributed by atoms with van der Waals surface area (Å²) in [5.74, 6) is 0.273. The fourth-order valence-electron chi connectivity index (χ4n) is 2.46. The lowest BCUT2D eigenvalue weighted by molar-refractivity contribution is -0.119. The second-order valence-electron chi connectivity index (χ2n) is 6.69. The summed E-state index contributed by atoms with van der Waals surface area (Å²) in [5.41, 5.74) is 2.51. The van der Waals surface area contributed by atoms with E-state index in [9.17, 15) is 13.2 Å². The molecule has 2 aromatic carbocycles. The second kappa shape index (κ2) is 8.90. The third-order valence-corrected chi connectivity index (χ3v) is 4.93. The van der Waals surface area contributed by atoms with Crippen LogP contribution in [0.15, 0.2) is 48.5 Å². The fraction of sp³-hybridized carbons (Fsp3) is 0.350. The van der Waals surface area contributed by atoms with Gasteiger partial charge in [0.15, 0.2) is 0 Å². The molecule has 1 N–H and O–H groups in total. The standard InChI is InChI=1S/C20H26N2O4S/c1-15(2)26-19-11-9-18(10-12-19)22(27(4,24)25)14-20(23)21-13-17-7-5-16(3)6-8-17/h5-12,15H,13-14H2,1-4H3,(H,21,23). The van der Waals surface area contributed by atoms with Crippen molar-refractivity contribution in [2.45, 2.75) is 33.4 Å². The monoisotopic (exact) mass is 390 g/mol. The number of anilines is 1. The maximum Gasteiger partial charge on any atom is 0.241 e. The van der Waals surface area contributed by atoms with Gasteiger partial charge >= 0.3 is 0 Å². The summed E-state index contributed by atoms with van der Waals surface area (Å²) in [5, 5.41) is 2.76. The van der Waals surface area contributed by atoms with Gasteiger partial charge in [-0.05, 0) is 50.6 Å². The molecule has 1 amide bonds. The molecule has 146 valence electrons. The molecule has 0 saturated heterocycles. The molecule has 2 rings (SSSR count). The number of hydrogen-bond acceptors (Lipinski definition) is 4. The Labute approximate surface area is 161 Å². The molecule has 7 heteroatoms. The van der Waals surface area contributed by atoms with Crippen molar-refractivity contribution < 1.29 is 17.9 Å². The number of nitrogens with zero attached hydrogens (tertiary/aromatic N) is 1. The first-order chi connectivity index (χ1) is 12.6. The zero-order valence-corrected chi connectivity index (χ0v) is 16.9. The zero-order valence-electron chi connectivity index (χ0n) is 16.1. The van der Waals surface area contributed by atoms with E-state index in [1.807, 2.05) is 45.0 Å². The molecule has 2 aromatic rings. The van der Waals surface area contributed by atoms with E-state index in [1.165, 1.54) is 0 Å². The van der Waals surface area contributed by atoms with Crippen LogP contribution >= 0.6 is 0 Å². The molecule has 0 aromatic heterocycles. The van der Waals surface area contributed by atoms with Gasteiger partial charge in [0, 0.05) is 6.54 Å². The highest BCUT2D eigenvalue weighted by molar-refractivity contribution is 7.92. The topological polar surface area (TPSA) is 75.7 Å². The summed E-state index contributed by atoms with van der Waals surface area (Å²) in [6, 6.07) is 14.4. The van der Waals surface area contributed by atoms with Crippen LogP contribution in [0, 0.1) is 6.92 Å². The zero-order chi connectivity index (χ0) is 20.0. The lowest BCUT2D eigenvalue weighted by Crippen LogP contribution is -2.40. The highest BCUT2D eigenvalue weighted by Gasteiger charge is 2.20. The van der Waals surface area contributed by atoms with Crippen molar-refractivity contribution in [3.05, 3.63) is 59.7 Å². The van der Waals surface area contributed by atoms with Crippen LogP contribution < -0.4 is 14.4 Å². The molecular formula is C20H26N2O4S. The number of hydrogen-bond donors (Lipinski definition) is 1. The summed E-state index contributed by atoms with van der Waals surface area (Å²) in [7, 11) is -3.61. The van der Waals surface area contributed by atoms with E-state index in [2.05, 4.69) is 5.32 Å². The van der Waals surface area contributed by atoms with Gasteiger partial charge in [-0.3, -0.25) is 9.10 Å². The van der Waals surface area contributed by atoms with Crippen LogP contribution in [0.5, 0.6) is 5.75 Å². The van der Waals surface area contributed by atoms with E-state index in [4.69, 9.17) is 4.74 Å². The number of nitrogens with one attached hydrogen (secondary N) is 1. The van der Waals surface area contributed by atoms with Crippen molar-refractivity contribution in [3.8, 4) is 5.75 Å².